The Kier molecular flexibility index (Phi) is 3.09. The number of imidazole rings is 1. The van der Waals surface area contributed by atoms with Gasteiger partial charge in [0.15, 0.2) is 0 Å². The zero-order valence-electron chi connectivity index (χ0n) is 12.8. The number of nitrogens with zero attached hydrogens (tertiary/aromatic N) is 4. The van der Waals surface area contributed by atoms with E-state index < -0.39 is 0 Å². The minimum atomic E-state index is 0.605. The third kappa shape index (κ3) is 2.35. The Morgan fingerprint density at radius 1 is 1.12 bits per heavy atom. The summed E-state index contributed by atoms with van der Waals surface area (Å²) in [5, 5.41) is 5.08. The van der Waals surface area contributed by atoms with Crippen molar-refractivity contribution in [3.63, 3.8) is 0 Å². The molecule has 0 bridgehead atoms. The molecule has 0 saturated carbocycles. The minimum absolute atomic E-state index is 0.605. The van der Waals surface area contributed by atoms with E-state index in [-0.39, 0.29) is 0 Å². The van der Waals surface area contributed by atoms with Crippen molar-refractivity contribution < 1.29 is 4.74 Å². The van der Waals surface area contributed by atoms with E-state index in [4.69, 9.17) is 4.74 Å². The summed E-state index contributed by atoms with van der Waals surface area (Å²) in [6.45, 7) is 0. The molecular weight excluding hydrogens is 320 g/mol. The third-order valence-electron chi connectivity index (χ3n) is 4.26. The van der Waals surface area contributed by atoms with Crippen molar-refractivity contribution in [1.82, 2.24) is 19.6 Å². The van der Waals surface area contributed by atoms with Crippen LogP contribution in [-0.4, -0.2) is 19.6 Å². The summed E-state index contributed by atoms with van der Waals surface area (Å²) in [6, 6.07) is 10.2. The maximum Gasteiger partial charge on any atom is 0.299 e. The largest absolute Gasteiger partial charge is 0.430 e. The molecule has 6 heteroatoms. The molecule has 0 atom stereocenters. The molecule has 0 unspecified atom stereocenters. The summed E-state index contributed by atoms with van der Waals surface area (Å²) in [4.78, 5) is 9.54. The highest BCUT2D eigenvalue weighted by Crippen LogP contribution is 2.31. The molecule has 0 N–H and O–H groups in total. The van der Waals surface area contributed by atoms with Gasteiger partial charge in [-0.15, -0.1) is 5.10 Å². The van der Waals surface area contributed by atoms with Crippen LogP contribution in [0.1, 0.15) is 17.5 Å². The Morgan fingerprint density at radius 2 is 2.08 bits per heavy atom. The smallest absolute Gasteiger partial charge is 0.299 e. The Bertz CT molecular complexity index is 991. The zero-order chi connectivity index (χ0) is 15.9. The van der Waals surface area contributed by atoms with Crippen molar-refractivity contribution >= 4 is 16.3 Å². The fourth-order valence-electron chi connectivity index (χ4n) is 3.09. The van der Waals surface area contributed by atoms with Crippen molar-refractivity contribution in [2.24, 2.45) is 0 Å². The van der Waals surface area contributed by atoms with E-state index >= 15 is 0 Å². The van der Waals surface area contributed by atoms with Crippen LogP contribution < -0.4 is 4.74 Å². The van der Waals surface area contributed by atoms with Crippen molar-refractivity contribution in [2.45, 2.75) is 19.3 Å². The standard InChI is InChI=1S/C18H14N4OS/c1-3-12-6-7-15(9-13(12)4-1)23-18-21-22-11-16(20-17(22)24-18)14-5-2-8-19-10-14/h2,5-11H,1,3-4H2. The van der Waals surface area contributed by atoms with Gasteiger partial charge in [0.05, 0.1) is 11.9 Å². The van der Waals surface area contributed by atoms with Crippen LogP contribution in [0.4, 0.5) is 0 Å². The maximum absolute atomic E-state index is 5.93. The van der Waals surface area contributed by atoms with Gasteiger partial charge in [0.1, 0.15) is 5.75 Å². The van der Waals surface area contributed by atoms with E-state index in [2.05, 4.69) is 27.2 Å². The zero-order valence-corrected chi connectivity index (χ0v) is 13.7. The highest BCUT2D eigenvalue weighted by atomic mass is 32.1. The summed E-state index contributed by atoms with van der Waals surface area (Å²) in [6.07, 6.45) is 9.01. The lowest BCUT2D eigenvalue weighted by molar-refractivity contribution is 0.470. The Labute approximate surface area is 142 Å². The summed E-state index contributed by atoms with van der Waals surface area (Å²) in [5.74, 6) is 0.847. The van der Waals surface area contributed by atoms with Crippen molar-refractivity contribution in [1.29, 1.82) is 0 Å². The molecule has 5 nitrogen and oxygen atoms in total. The van der Waals surface area contributed by atoms with Gasteiger partial charge < -0.3 is 4.74 Å². The first-order valence-corrected chi connectivity index (χ1v) is 8.73. The van der Waals surface area contributed by atoms with Crippen LogP contribution in [0.25, 0.3) is 16.2 Å². The SMILES string of the molecule is c1cncc(-c2cn3nc(Oc4ccc5c(c4)CCC5)sc3n2)c1. The molecule has 0 radical (unpaired) electrons. The second kappa shape index (κ2) is 5.42. The molecule has 3 heterocycles. The van der Waals surface area contributed by atoms with Crippen LogP contribution in [0.15, 0.2) is 48.9 Å². The second-order valence-corrected chi connectivity index (χ2v) is 6.77. The molecule has 0 saturated heterocycles. The third-order valence-corrected chi connectivity index (χ3v) is 5.06. The molecule has 0 fully saturated rings. The highest BCUT2D eigenvalue weighted by molar-refractivity contribution is 7.18. The van der Waals surface area contributed by atoms with Crippen LogP contribution in [0, 0.1) is 0 Å². The van der Waals surface area contributed by atoms with Gasteiger partial charge in [0, 0.05) is 18.0 Å². The van der Waals surface area contributed by atoms with Crippen LogP contribution in [0.3, 0.4) is 0 Å². The van der Waals surface area contributed by atoms with Crippen LogP contribution in [0.5, 0.6) is 10.9 Å². The fourth-order valence-corrected chi connectivity index (χ4v) is 3.84. The number of ether oxygens (including phenoxy) is 1. The lowest BCUT2D eigenvalue weighted by Gasteiger charge is -2.04. The van der Waals surface area contributed by atoms with E-state index in [1.54, 1.807) is 16.9 Å². The highest BCUT2D eigenvalue weighted by Gasteiger charge is 2.14. The molecule has 1 aliphatic rings. The molecule has 4 aromatic rings. The predicted octanol–water partition coefficient (Wildman–Crippen LogP) is 4.13. The number of fused-ring (bicyclic) bond motifs is 2. The topological polar surface area (TPSA) is 52.3 Å². The van der Waals surface area contributed by atoms with Crippen LogP contribution >= 0.6 is 11.3 Å². The number of rotatable bonds is 3. The van der Waals surface area contributed by atoms with E-state index in [1.165, 1.54) is 35.3 Å². The molecule has 1 aliphatic carbocycles. The molecule has 118 valence electrons. The lowest BCUT2D eigenvalue weighted by Crippen LogP contribution is -1.88. The molecule has 0 spiro atoms. The molecule has 1 aromatic carbocycles. The van der Waals surface area contributed by atoms with E-state index in [0.29, 0.717) is 5.19 Å². The van der Waals surface area contributed by atoms with Crippen LogP contribution in [-0.2, 0) is 12.8 Å². The molecular formula is C18H14N4OS. The number of aryl methyl sites for hydroxylation is 2. The number of hydrogen-bond acceptors (Lipinski definition) is 5. The quantitative estimate of drug-likeness (QED) is 0.565. The van der Waals surface area contributed by atoms with E-state index in [9.17, 15) is 0 Å². The van der Waals surface area contributed by atoms with Gasteiger partial charge in [-0.1, -0.05) is 6.07 Å². The van der Waals surface area contributed by atoms with Gasteiger partial charge >= 0.3 is 0 Å². The van der Waals surface area contributed by atoms with E-state index in [0.717, 1.165) is 28.4 Å². The summed E-state index contributed by atoms with van der Waals surface area (Å²) in [7, 11) is 0. The molecule has 0 aliphatic heterocycles. The van der Waals surface area contributed by atoms with Gasteiger partial charge in [-0.2, -0.15) is 0 Å². The average Bonchev–Trinajstić information content (AvgIpc) is 3.29. The monoisotopic (exact) mass is 334 g/mol. The fraction of sp³-hybridized carbons (Fsp3) is 0.167. The molecule has 5 rings (SSSR count). The lowest BCUT2D eigenvalue weighted by atomic mass is 10.1. The van der Waals surface area contributed by atoms with Gasteiger partial charge in [-0.25, -0.2) is 9.50 Å². The summed E-state index contributed by atoms with van der Waals surface area (Å²) in [5.41, 5.74) is 4.69. The first-order valence-electron chi connectivity index (χ1n) is 7.91. The molecule has 24 heavy (non-hydrogen) atoms. The van der Waals surface area contributed by atoms with Gasteiger partial charge in [-0.3, -0.25) is 4.98 Å². The first kappa shape index (κ1) is 13.7. The minimum Gasteiger partial charge on any atom is -0.430 e. The van der Waals surface area contributed by atoms with Gasteiger partial charge in [0.2, 0.25) is 4.96 Å². The van der Waals surface area contributed by atoms with Crippen molar-refractivity contribution in [3.05, 3.63) is 60.0 Å². The van der Waals surface area contributed by atoms with E-state index in [1.807, 2.05) is 24.4 Å². The number of aromatic nitrogens is 4. The van der Waals surface area contributed by atoms with Crippen LogP contribution in [0.2, 0.25) is 0 Å². The van der Waals surface area contributed by atoms with Gasteiger partial charge in [-0.05, 0) is 66.0 Å². The Morgan fingerprint density at radius 3 is 2.96 bits per heavy atom. The van der Waals surface area contributed by atoms with Crippen molar-refractivity contribution in [3.8, 4) is 22.2 Å². The summed E-state index contributed by atoms with van der Waals surface area (Å²) >= 11 is 1.44. The first-order chi connectivity index (χ1) is 11.8. The maximum atomic E-state index is 5.93. The number of hydrogen-bond donors (Lipinski definition) is 0. The normalized spacial score (nSPS) is 13.3. The number of pyridine rings is 1. The Hall–Kier alpha value is -2.73. The van der Waals surface area contributed by atoms with Gasteiger partial charge in [0.25, 0.3) is 5.19 Å². The average molecular weight is 334 g/mol. The Balaban J connectivity index is 1.43. The molecule has 3 aromatic heterocycles. The predicted molar refractivity (Wildman–Crippen MR) is 92.6 cm³/mol. The van der Waals surface area contributed by atoms with Crippen molar-refractivity contribution in [2.75, 3.05) is 0 Å². The summed E-state index contributed by atoms with van der Waals surface area (Å²) < 4.78 is 7.69. The molecule has 0 amide bonds. The number of benzene rings is 1. The second-order valence-electron chi connectivity index (χ2n) is 5.85.